The normalized spacial score (nSPS) is 23.7. The van der Waals surface area contributed by atoms with E-state index in [9.17, 15) is 0 Å². The van der Waals surface area contributed by atoms with Crippen LogP contribution in [0, 0.1) is 5.92 Å². The van der Waals surface area contributed by atoms with Crippen LogP contribution in [0.4, 0.5) is 0 Å². The van der Waals surface area contributed by atoms with Crippen LogP contribution in [0.15, 0.2) is 0 Å². The Morgan fingerprint density at radius 3 is 2.60 bits per heavy atom. The first-order valence-electron chi connectivity index (χ1n) is 4.25. The number of aliphatic hydroxyl groups excluding tert-OH is 1. The number of aliphatic hydroxyl groups is 1. The fourth-order valence-corrected chi connectivity index (χ4v) is 1.14. The summed E-state index contributed by atoms with van der Waals surface area (Å²) in [5.74, 6) is 0.750. The van der Waals surface area contributed by atoms with Gasteiger partial charge < -0.3 is 10.4 Å². The lowest BCUT2D eigenvalue weighted by Gasteiger charge is -2.01. The molecule has 0 aromatic rings. The molecule has 2 nitrogen and oxygen atoms in total. The minimum atomic E-state index is 0.354. The molecule has 1 fully saturated rings. The van der Waals surface area contributed by atoms with Gasteiger partial charge in [-0.25, -0.2) is 0 Å². The lowest BCUT2D eigenvalue weighted by Crippen LogP contribution is -2.09. The summed E-state index contributed by atoms with van der Waals surface area (Å²) in [5.41, 5.74) is 0. The maximum Gasteiger partial charge on any atom is 0.0434 e. The van der Waals surface area contributed by atoms with Crippen molar-refractivity contribution in [2.24, 2.45) is 5.92 Å². The second-order valence-electron chi connectivity index (χ2n) is 2.37. The predicted molar refractivity (Wildman–Crippen MR) is 44.0 cm³/mol. The molecule has 1 rings (SSSR count). The molecule has 1 heterocycles. The highest BCUT2D eigenvalue weighted by Gasteiger charge is 2.12. The minimum Gasteiger partial charge on any atom is -0.396 e. The molecule has 0 spiro atoms. The number of rotatable bonds is 2. The molecule has 0 unspecified atom stereocenters. The molecular weight excluding hydrogens is 126 g/mol. The van der Waals surface area contributed by atoms with Crippen molar-refractivity contribution in [3.8, 4) is 0 Å². The van der Waals surface area contributed by atoms with Crippen molar-refractivity contribution in [2.75, 3.05) is 19.7 Å². The number of nitrogens with one attached hydrogen (secondary N) is 1. The molecule has 0 radical (unpaired) electrons. The lowest BCUT2D eigenvalue weighted by atomic mass is 10.1. The van der Waals surface area contributed by atoms with E-state index in [-0.39, 0.29) is 0 Å². The summed E-state index contributed by atoms with van der Waals surface area (Å²) in [6, 6.07) is 0. The van der Waals surface area contributed by atoms with Crippen LogP contribution >= 0.6 is 0 Å². The molecule has 0 bridgehead atoms. The Kier molecular flexibility index (Phi) is 6.98. The summed E-state index contributed by atoms with van der Waals surface area (Å²) in [6.45, 7) is 6.61. The fraction of sp³-hybridized carbons (Fsp3) is 1.00. The fourth-order valence-electron chi connectivity index (χ4n) is 1.14. The Labute approximate surface area is 63.6 Å². The smallest absolute Gasteiger partial charge is 0.0434 e. The van der Waals surface area contributed by atoms with Crippen LogP contribution < -0.4 is 5.32 Å². The van der Waals surface area contributed by atoms with E-state index in [1.807, 2.05) is 13.8 Å². The van der Waals surface area contributed by atoms with E-state index in [0.29, 0.717) is 6.61 Å². The monoisotopic (exact) mass is 145 g/mol. The SMILES string of the molecule is CC.OCC[C@H]1CCNC1. The molecule has 0 amide bonds. The van der Waals surface area contributed by atoms with Crippen LogP contribution in [0.5, 0.6) is 0 Å². The van der Waals surface area contributed by atoms with Crippen LogP contribution in [0.2, 0.25) is 0 Å². The Bertz CT molecular complexity index is 60.3. The molecule has 62 valence electrons. The van der Waals surface area contributed by atoms with Crippen LogP contribution in [-0.2, 0) is 0 Å². The van der Waals surface area contributed by atoms with Crippen LogP contribution in [0.1, 0.15) is 26.7 Å². The maximum atomic E-state index is 8.50. The van der Waals surface area contributed by atoms with Crippen molar-refractivity contribution in [1.29, 1.82) is 0 Å². The van der Waals surface area contributed by atoms with E-state index in [1.54, 1.807) is 0 Å². The summed E-state index contributed by atoms with van der Waals surface area (Å²) in [6.07, 6.45) is 2.23. The largest absolute Gasteiger partial charge is 0.396 e. The van der Waals surface area contributed by atoms with Gasteiger partial charge in [-0.2, -0.15) is 0 Å². The Hall–Kier alpha value is -0.0800. The van der Waals surface area contributed by atoms with Gasteiger partial charge in [-0.15, -0.1) is 0 Å². The molecule has 1 aliphatic heterocycles. The van der Waals surface area contributed by atoms with E-state index in [1.165, 1.54) is 6.42 Å². The molecule has 0 saturated carbocycles. The van der Waals surface area contributed by atoms with Gasteiger partial charge in [0, 0.05) is 6.61 Å². The highest BCUT2D eigenvalue weighted by molar-refractivity contribution is 4.69. The van der Waals surface area contributed by atoms with Crippen LogP contribution in [0.3, 0.4) is 0 Å². The quantitative estimate of drug-likeness (QED) is 0.607. The van der Waals surface area contributed by atoms with Crippen molar-refractivity contribution in [1.82, 2.24) is 5.32 Å². The van der Waals surface area contributed by atoms with Gasteiger partial charge in [0.15, 0.2) is 0 Å². The molecule has 1 atom stereocenters. The standard InChI is InChI=1S/C6H13NO.C2H6/c8-4-2-6-1-3-7-5-6;1-2/h6-8H,1-5H2;1-2H3/t6-;/m1./s1. The predicted octanol–water partition coefficient (Wildman–Crippen LogP) is 1.00. The molecular formula is C8H19NO. The summed E-state index contributed by atoms with van der Waals surface area (Å²) in [7, 11) is 0. The highest BCUT2D eigenvalue weighted by atomic mass is 16.3. The third-order valence-corrected chi connectivity index (χ3v) is 1.70. The van der Waals surface area contributed by atoms with Crippen molar-refractivity contribution >= 4 is 0 Å². The third-order valence-electron chi connectivity index (χ3n) is 1.70. The van der Waals surface area contributed by atoms with Gasteiger partial charge in [0.1, 0.15) is 0 Å². The highest BCUT2D eigenvalue weighted by Crippen LogP contribution is 2.10. The third kappa shape index (κ3) is 3.85. The van der Waals surface area contributed by atoms with Crippen LogP contribution in [-0.4, -0.2) is 24.8 Å². The Balaban J connectivity index is 0.000000371. The van der Waals surface area contributed by atoms with E-state index >= 15 is 0 Å². The summed E-state index contributed by atoms with van der Waals surface area (Å²) >= 11 is 0. The molecule has 2 N–H and O–H groups in total. The van der Waals surface area contributed by atoms with E-state index < -0.39 is 0 Å². The molecule has 1 saturated heterocycles. The zero-order chi connectivity index (χ0) is 7.82. The van der Waals surface area contributed by atoms with Gasteiger partial charge in [0.2, 0.25) is 0 Å². The maximum absolute atomic E-state index is 8.50. The minimum absolute atomic E-state index is 0.354. The van der Waals surface area contributed by atoms with Gasteiger partial charge in [-0.05, 0) is 31.8 Å². The Morgan fingerprint density at radius 2 is 2.20 bits per heavy atom. The zero-order valence-electron chi connectivity index (χ0n) is 7.06. The first-order valence-corrected chi connectivity index (χ1v) is 4.25. The second kappa shape index (κ2) is 7.03. The average molecular weight is 145 g/mol. The zero-order valence-corrected chi connectivity index (χ0v) is 7.06. The van der Waals surface area contributed by atoms with Gasteiger partial charge >= 0.3 is 0 Å². The molecule has 0 aromatic carbocycles. The van der Waals surface area contributed by atoms with Crippen molar-refractivity contribution < 1.29 is 5.11 Å². The molecule has 0 aromatic heterocycles. The number of hydrogen-bond acceptors (Lipinski definition) is 2. The molecule has 1 aliphatic rings. The Morgan fingerprint density at radius 1 is 1.50 bits per heavy atom. The van der Waals surface area contributed by atoms with E-state index in [0.717, 1.165) is 25.4 Å². The topological polar surface area (TPSA) is 32.3 Å². The number of hydrogen-bond donors (Lipinski definition) is 2. The summed E-state index contributed by atoms with van der Waals surface area (Å²) in [5, 5.41) is 11.7. The first-order chi connectivity index (χ1) is 4.93. The van der Waals surface area contributed by atoms with Crippen LogP contribution in [0.25, 0.3) is 0 Å². The first kappa shape index (κ1) is 9.92. The van der Waals surface area contributed by atoms with Gasteiger partial charge in [0.05, 0.1) is 0 Å². The summed E-state index contributed by atoms with van der Waals surface area (Å²) in [4.78, 5) is 0. The van der Waals surface area contributed by atoms with E-state index in [4.69, 9.17) is 5.11 Å². The van der Waals surface area contributed by atoms with Gasteiger partial charge in [-0.3, -0.25) is 0 Å². The van der Waals surface area contributed by atoms with Crippen molar-refractivity contribution in [3.05, 3.63) is 0 Å². The molecule has 0 aliphatic carbocycles. The molecule has 2 heteroatoms. The van der Waals surface area contributed by atoms with Crippen molar-refractivity contribution in [2.45, 2.75) is 26.7 Å². The summed E-state index contributed by atoms with van der Waals surface area (Å²) < 4.78 is 0. The second-order valence-corrected chi connectivity index (χ2v) is 2.37. The average Bonchev–Trinajstić information content (AvgIpc) is 2.46. The van der Waals surface area contributed by atoms with Gasteiger partial charge in [0.25, 0.3) is 0 Å². The van der Waals surface area contributed by atoms with Crippen molar-refractivity contribution in [3.63, 3.8) is 0 Å². The lowest BCUT2D eigenvalue weighted by molar-refractivity contribution is 0.262. The van der Waals surface area contributed by atoms with Gasteiger partial charge in [-0.1, -0.05) is 13.8 Å². The van der Waals surface area contributed by atoms with E-state index in [2.05, 4.69) is 5.32 Å². The molecule has 10 heavy (non-hydrogen) atoms.